The third-order valence-corrected chi connectivity index (χ3v) is 5.05. The average Bonchev–Trinajstić information content (AvgIpc) is 2.84. The van der Waals surface area contributed by atoms with E-state index in [1.807, 2.05) is 6.07 Å². The fraction of sp³-hybridized carbons (Fsp3) is 0.250. The molecular formula is C24H26F2N2O5. The Morgan fingerprint density at radius 2 is 1.64 bits per heavy atom. The van der Waals surface area contributed by atoms with E-state index < -0.39 is 43.0 Å². The second-order valence-electron chi connectivity index (χ2n) is 7.51. The number of carbonyl (C=O) groups is 1. The zero-order valence-corrected chi connectivity index (χ0v) is 18.0. The summed E-state index contributed by atoms with van der Waals surface area (Å²) >= 11 is 0. The number of hydrogen-bond acceptors (Lipinski definition) is 6. The summed E-state index contributed by atoms with van der Waals surface area (Å²) in [6, 6.07) is 13.1. The van der Waals surface area contributed by atoms with Gasteiger partial charge in [-0.05, 0) is 41.8 Å². The number of aromatic carboxylic acids is 1. The van der Waals surface area contributed by atoms with Crippen molar-refractivity contribution < 1.29 is 34.0 Å². The van der Waals surface area contributed by atoms with E-state index in [1.54, 1.807) is 31.2 Å². The van der Waals surface area contributed by atoms with E-state index in [2.05, 4.69) is 4.98 Å². The highest BCUT2D eigenvalue weighted by atomic mass is 19.1. The number of rotatable bonds is 7. The molecule has 0 aliphatic heterocycles. The normalized spacial score (nSPS) is 11.0. The maximum absolute atomic E-state index is 14.8. The second-order valence-corrected chi connectivity index (χ2v) is 7.51. The van der Waals surface area contributed by atoms with Gasteiger partial charge in [-0.2, -0.15) is 0 Å². The number of carboxylic acid groups (broad SMARTS) is 1. The van der Waals surface area contributed by atoms with Gasteiger partial charge in [0.25, 0.3) is 0 Å². The molecule has 0 fully saturated rings. The van der Waals surface area contributed by atoms with Gasteiger partial charge in [-0.25, -0.2) is 13.6 Å². The summed E-state index contributed by atoms with van der Waals surface area (Å²) < 4.78 is 29.4. The quantitative estimate of drug-likeness (QED) is 0.365. The van der Waals surface area contributed by atoms with Crippen molar-refractivity contribution in [2.45, 2.75) is 18.9 Å². The first kappa shape index (κ1) is 26.0. The molecule has 1 aromatic heterocycles. The number of benzene rings is 2. The van der Waals surface area contributed by atoms with Crippen molar-refractivity contribution in [1.82, 2.24) is 4.98 Å². The lowest BCUT2D eigenvalue weighted by atomic mass is 9.94. The molecule has 0 saturated heterocycles. The number of halogens is 2. The monoisotopic (exact) mass is 460 g/mol. The third-order valence-electron chi connectivity index (χ3n) is 5.05. The molecule has 6 N–H and O–H groups in total. The molecule has 7 nitrogen and oxygen atoms in total. The first-order valence-electron chi connectivity index (χ1n) is 9.99. The van der Waals surface area contributed by atoms with Crippen molar-refractivity contribution in [3.63, 3.8) is 0 Å². The van der Waals surface area contributed by atoms with Crippen LogP contribution in [0.1, 0.15) is 27.2 Å². The summed E-state index contributed by atoms with van der Waals surface area (Å²) in [5.41, 5.74) is 5.32. The average molecular weight is 460 g/mol. The zero-order valence-electron chi connectivity index (χ0n) is 18.0. The van der Waals surface area contributed by atoms with Gasteiger partial charge in [0.2, 0.25) is 0 Å². The van der Waals surface area contributed by atoms with E-state index in [1.165, 1.54) is 24.4 Å². The van der Waals surface area contributed by atoms with Gasteiger partial charge in [-0.1, -0.05) is 30.3 Å². The molecule has 0 radical (unpaired) electrons. The Morgan fingerprint density at radius 3 is 2.15 bits per heavy atom. The van der Waals surface area contributed by atoms with Crippen LogP contribution in [0.2, 0.25) is 0 Å². The van der Waals surface area contributed by atoms with E-state index in [0.717, 1.165) is 0 Å². The SMILES string of the molecule is Cc1c(-c2ccccc2)cc(F)c(Cc2ncccc2C(=O)O)c1F.NC(CO)(CO)CO. The lowest BCUT2D eigenvalue weighted by Crippen LogP contribution is -2.50. The fourth-order valence-corrected chi connectivity index (χ4v) is 2.94. The highest BCUT2D eigenvalue weighted by molar-refractivity contribution is 5.88. The zero-order chi connectivity index (χ0) is 24.6. The van der Waals surface area contributed by atoms with E-state index in [4.69, 9.17) is 21.1 Å². The van der Waals surface area contributed by atoms with Gasteiger partial charge >= 0.3 is 5.97 Å². The minimum absolute atomic E-state index is 0.0638. The molecule has 9 heteroatoms. The number of aliphatic hydroxyl groups excluding tert-OH is 3. The van der Waals surface area contributed by atoms with Crippen LogP contribution >= 0.6 is 0 Å². The number of carboxylic acids is 1. The lowest BCUT2D eigenvalue weighted by molar-refractivity contribution is 0.0691. The number of nitrogens with zero attached hydrogens (tertiary/aromatic N) is 1. The van der Waals surface area contributed by atoms with Crippen LogP contribution in [0.5, 0.6) is 0 Å². The minimum Gasteiger partial charge on any atom is -0.478 e. The molecule has 0 unspecified atom stereocenters. The predicted octanol–water partition coefficient (Wildman–Crippen LogP) is 2.29. The Morgan fingerprint density at radius 1 is 1.03 bits per heavy atom. The van der Waals surface area contributed by atoms with E-state index >= 15 is 0 Å². The maximum Gasteiger partial charge on any atom is 0.337 e. The Labute approximate surface area is 189 Å². The molecule has 0 aliphatic carbocycles. The largest absolute Gasteiger partial charge is 0.478 e. The topological polar surface area (TPSA) is 137 Å². The number of pyridine rings is 1. The molecule has 1 heterocycles. The first-order chi connectivity index (χ1) is 15.7. The predicted molar refractivity (Wildman–Crippen MR) is 119 cm³/mol. The molecule has 0 bridgehead atoms. The van der Waals surface area contributed by atoms with Gasteiger partial charge in [0, 0.05) is 18.2 Å². The fourth-order valence-electron chi connectivity index (χ4n) is 2.94. The van der Waals surface area contributed by atoms with E-state index in [0.29, 0.717) is 16.7 Å². The van der Waals surface area contributed by atoms with Crippen LogP contribution in [-0.2, 0) is 6.42 Å². The van der Waals surface area contributed by atoms with Crippen LogP contribution in [-0.4, -0.2) is 56.7 Å². The smallest absolute Gasteiger partial charge is 0.337 e. The Hall–Kier alpha value is -3.24. The summed E-state index contributed by atoms with van der Waals surface area (Å²) in [6.07, 6.45) is 1.18. The number of nitrogens with two attached hydrogens (primary N) is 1. The molecule has 0 aliphatic rings. The van der Waals surface area contributed by atoms with Crippen LogP contribution in [0.25, 0.3) is 11.1 Å². The molecular weight excluding hydrogens is 434 g/mol. The molecule has 3 rings (SSSR count). The summed E-state index contributed by atoms with van der Waals surface area (Å²) in [7, 11) is 0. The minimum atomic E-state index is -1.21. The standard InChI is InChI=1S/C20H15F2NO2.C4H11NO3/c1-12-15(13-6-3-2-4-7-13)10-17(21)16(19(12)22)11-18-14(20(24)25)8-5-9-23-18;5-4(1-6,2-7)3-8/h2-10H,11H2,1H3,(H,24,25);6-8H,1-3,5H2. The number of hydrogen-bond donors (Lipinski definition) is 5. The van der Waals surface area contributed by atoms with Gasteiger partial charge in [0.15, 0.2) is 0 Å². The number of aliphatic hydroxyl groups is 3. The van der Waals surface area contributed by atoms with Crippen molar-refractivity contribution in [2.75, 3.05) is 19.8 Å². The molecule has 176 valence electrons. The maximum atomic E-state index is 14.8. The summed E-state index contributed by atoms with van der Waals surface area (Å²) in [5.74, 6) is -2.58. The molecule has 0 saturated carbocycles. The van der Waals surface area contributed by atoms with Gasteiger partial charge in [-0.15, -0.1) is 0 Å². The van der Waals surface area contributed by atoms with Crippen LogP contribution < -0.4 is 5.73 Å². The molecule has 0 atom stereocenters. The van der Waals surface area contributed by atoms with Crippen molar-refractivity contribution in [3.05, 3.63) is 88.7 Å². The van der Waals surface area contributed by atoms with Crippen molar-refractivity contribution in [1.29, 1.82) is 0 Å². The van der Waals surface area contributed by atoms with Gasteiger partial charge in [-0.3, -0.25) is 4.98 Å². The van der Waals surface area contributed by atoms with Crippen molar-refractivity contribution >= 4 is 5.97 Å². The lowest BCUT2D eigenvalue weighted by Gasteiger charge is -2.20. The van der Waals surface area contributed by atoms with Gasteiger partial charge in [0.05, 0.1) is 36.6 Å². The molecule has 3 aromatic rings. The summed E-state index contributed by atoms with van der Waals surface area (Å²) in [5, 5.41) is 34.2. The van der Waals surface area contributed by atoms with Crippen LogP contribution in [0.3, 0.4) is 0 Å². The first-order valence-corrected chi connectivity index (χ1v) is 9.99. The molecule has 0 spiro atoms. The van der Waals surface area contributed by atoms with E-state index in [-0.39, 0.29) is 23.2 Å². The van der Waals surface area contributed by atoms with Crippen molar-refractivity contribution in [3.8, 4) is 11.1 Å². The molecule has 0 amide bonds. The Kier molecular flexibility index (Phi) is 9.12. The third kappa shape index (κ3) is 6.39. The van der Waals surface area contributed by atoms with Gasteiger partial charge in [0.1, 0.15) is 11.6 Å². The Balaban J connectivity index is 0.000000414. The molecule has 33 heavy (non-hydrogen) atoms. The van der Waals surface area contributed by atoms with Crippen LogP contribution in [0, 0.1) is 18.6 Å². The van der Waals surface area contributed by atoms with Crippen LogP contribution in [0.15, 0.2) is 54.7 Å². The van der Waals surface area contributed by atoms with Crippen LogP contribution in [0.4, 0.5) is 8.78 Å². The highest BCUT2D eigenvalue weighted by Crippen LogP contribution is 2.30. The Bertz CT molecular complexity index is 1080. The van der Waals surface area contributed by atoms with Gasteiger partial charge < -0.3 is 26.2 Å². The second kappa shape index (κ2) is 11.6. The number of aromatic nitrogens is 1. The van der Waals surface area contributed by atoms with Crippen molar-refractivity contribution in [2.24, 2.45) is 5.73 Å². The summed E-state index contributed by atoms with van der Waals surface area (Å²) in [4.78, 5) is 15.2. The molecule has 2 aromatic carbocycles. The highest BCUT2D eigenvalue weighted by Gasteiger charge is 2.21. The van der Waals surface area contributed by atoms with E-state index in [9.17, 15) is 18.7 Å². The summed E-state index contributed by atoms with van der Waals surface area (Å²) in [6.45, 7) is 0.372.